The van der Waals surface area contributed by atoms with Crippen LogP contribution in [0.3, 0.4) is 0 Å². The molecule has 1 saturated heterocycles. The number of carboxylic acids is 1. The van der Waals surface area contributed by atoms with Gasteiger partial charge in [0.2, 0.25) is 11.8 Å². The van der Waals surface area contributed by atoms with Crippen molar-refractivity contribution in [1.29, 1.82) is 0 Å². The molecule has 4 atom stereocenters. The van der Waals surface area contributed by atoms with Gasteiger partial charge in [-0.3, -0.25) is 9.59 Å². The van der Waals surface area contributed by atoms with E-state index in [4.69, 9.17) is 11.6 Å². The third kappa shape index (κ3) is 1.49. The van der Waals surface area contributed by atoms with Crippen LogP contribution in [0.2, 0.25) is 5.02 Å². The van der Waals surface area contributed by atoms with Crippen molar-refractivity contribution in [3.8, 4) is 0 Å². The standard InChI is InChI=1S/C18H14ClNO4/c19-12-4-1-8(7-9(12)17(23)24)20-15(21)13-10-2-3-11(14(13)16(20)22)18(10)5-6-18/h1-4,7,10-11,13-14H,5-6H2,(H,23,24)/p-1/t10-,11+,13+,14-. The van der Waals surface area contributed by atoms with Crippen LogP contribution in [0.5, 0.6) is 0 Å². The van der Waals surface area contributed by atoms with Crippen molar-refractivity contribution < 1.29 is 19.5 Å². The summed E-state index contributed by atoms with van der Waals surface area (Å²) < 4.78 is 0. The summed E-state index contributed by atoms with van der Waals surface area (Å²) in [6.07, 6.45) is 6.36. The maximum absolute atomic E-state index is 12.9. The first-order chi connectivity index (χ1) is 11.5. The number of rotatable bonds is 2. The number of nitrogens with zero attached hydrogens (tertiary/aromatic N) is 1. The zero-order valence-corrected chi connectivity index (χ0v) is 13.3. The predicted octanol–water partition coefficient (Wildman–Crippen LogP) is 1.41. The van der Waals surface area contributed by atoms with Gasteiger partial charge in [0.05, 0.1) is 23.5 Å². The Kier molecular flexibility index (Phi) is 2.53. The highest BCUT2D eigenvalue weighted by atomic mass is 35.5. The fourth-order valence-corrected chi connectivity index (χ4v) is 5.34. The molecule has 1 heterocycles. The molecule has 3 fully saturated rings. The lowest BCUT2D eigenvalue weighted by Crippen LogP contribution is -2.35. The molecule has 6 heteroatoms. The van der Waals surface area contributed by atoms with Gasteiger partial charge in [-0.1, -0.05) is 23.8 Å². The highest BCUT2D eigenvalue weighted by molar-refractivity contribution is 6.33. The smallest absolute Gasteiger partial charge is 0.238 e. The molecule has 1 aliphatic heterocycles. The number of carboxylic acid groups (broad SMARTS) is 1. The lowest BCUT2D eigenvalue weighted by molar-refractivity contribution is -0.255. The summed E-state index contributed by atoms with van der Waals surface area (Å²) in [6.45, 7) is 0. The van der Waals surface area contributed by atoms with Crippen LogP contribution in [0.25, 0.3) is 0 Å². The molecule has 1 aromatic carbocycles. The molecule has 3 aliphatic carbocycles. The molecule has 2 saturated carbocycles. The molecule has 4 aliphatic rings. The van der Waals surface area contributed by atoms with Gasteiger partial charge >= 0.3 is 0 Å². The molecule has 0 unspecified atom stereocenters. The molecule has 1 spiro atoms. The van der Waals surface area contributed by atoms with E-state index in [0.29, 0.717) is 0 Å². The average Bonchev–Trinajstić information content (AvgIpc) is 3.14. The lowest BCUT2D eigenvalue weighted by Gasteiger charge is -2.22. The normalized spacial score (nSPS) is 34.3. The summed E-state index contributed by atoms with van der Waals surface area (Å²) in [4.78, 5) is 38.2. The van der Waals surface area contributed by atoms with Crippen LogP contribution < -0.4 is 10.0 Å². The zero-order chi connectivity index (χ0) is 16.8. The molecular formula is C18H13ClNO4-. The minimum absolute atomic E-state index is 0.0247. The second-order valence-corrected chi connectivity index (χ2v) is 7.59. The Labute approximate surface area is 142 Å². The molecule has 1 aromatic rings. The fourth-order valence-electron chi connectivity index (χ4n) is 5.14. The number of allylic oxidation sites excluding steroid dienone is 2. The van der Waals surface area contributed by atoms with Crippen molar-refractivity contribution in [3.63, 3.8) is 0 Å². The largest absolute Gasteiger partial charge is 0.545 e. The van der Waals surface area contributed by atoms with Crippen molar-refractivity contribution in [1.82, 2.24) is 0 Å². The minimum Gasteiger partial charge on any atom is -0.545 e. The molecule has 2 bridgehead atoms. The number of hydrogen-bond acceptors (Lipinski definition) is 4. The molecule has 0 N–H and O–H groups in total. The first-order valence-electron chi connectivity index (χ1n) is 8.03. The second-order valence-electron chi connectivity index (χ2n) is 7.18. The van der Waals surface area contributed by atoms with Gasteiger partial charge in [-0.2, -0.15) is 0 Å². The number of aromatic carboxylic acids is 1. The summed E-state index contributed by atoms with van der Waals surface area (Å²) in [6, 6.07) is 4.14. The van der Waals surface area contributed by atoms with Gasteiger partial charge in [-0.05, 0) is 48.3 Å². The van der Waals surface area contributed by atoms with Crippen LogP contribution in [-0.4, -0.2) is 17.8 Å². The van der Waals surface area contributed by atoms with Crippen molar-refractivity contribution in [2.75, 3.05) is 4.90 Å². The predicted molar refractivity (Wildman–Crippen MR) is 83.0 cm³/mol. The van der Waals surface area contributed by atoms with Crippen molar-refractivity contribution in [2.24, 2.45) is 29.1 Å². The number of anilines is 1. The Morgan fingerprint density at radius 1 is 1.12 bits per heavy atom. The van der Waals surface area contributed by atoms with Gasteiger partial charge in [0.15, 0.2) is 0 Å². The van der Waals surface area contributed by atoms with Crippen LogP contribution in [0, 0.1) is 29.1 Å². The molecular weight excluding hydrogens is 330 g/mol. The number of benzene rings is 1. The van der Waals surface area contributed by atoms with E-state index in [1.165, 1.54) is 18.2 Å². The molecule has 24 heavy (non-hydrogen) atoms. The van der Waals surface area contributed by atoms with E-state index in [0.717, 1.165) is 17.7 Å². The van der Waals surface area contributed by atoms with Crippen LogP contribution in [-0.2, 0) is 9.59 Å². The van der Waals surface area contributed by atoms with E-state index < -0.39 is 5.97 Å². The number of fused-ring (bicyclic) bond motifs is 3. The maximum atomic E-state index is 12.9. The Morgan fingerprint density at radius 2 is 1.71 bits per heavy atom. The number of halogens is 1. The molecule has 5 rings (SSSR count). The minimum atomic E-state index is -1.43. The topological polar surface area (TPSA) is 77.5 Å². The number of imide groups is 1. The van der Waals surface area contributed by atoms with Crippen LogP contribution in [0.4, 0.5) is 5.69 Å². The summed E-state index contributed by atoms with van der Waals surface area (Å²) in [5.74, 6) is -2.21. The Balaban J connectivity index is 1.56. The maximum Gasteiger partial charge on any atom is 0.238 e. The number of carbonyl (C=O) groups is 3. The van der Waals surface area contributed by atoms with E-state index in [1.807, 2.05) is 0 Å². The van der Waals surface area contributed by atoms with Crippen LogP contribution in [0.1, 0.15) is 23.2 Å². The van der Waals surface area contributed by atoms with Gasteiger partial charge in [-0.15, -0.1) is 0 Å². The third-order valence-corrected chi connectivity index (χ3v) is 6.61. The first kappa shape index (κ1) is 14.2. The summed E-state index contributed by atoms with van der Waals surface area (Å²) in [7, 11) is 0. The highest BCUT2D eigenvalue weighted by Gasteiger charge is 2.73. The van der Waals surface area contributed by atoms with E-state index >= 15 is 0 Å². The molecule has 2 amide bonds. The number of carbonyl (C=O) groups excluding carboxylic acids is 3. The Hall–Kier alpha value is -2.14. The number of hydrogen-bond donors (Lipinski definition) is 0. The van der Waals surface area contributed by atoms with E-state index in [9.17, 15) is 19.5 Å². The van der Waals surface area contributed by atoms with Gasteiger partial charge in [0.25, 0.3) is 0 Å². The van der Waals surface area contributed by atoms with Crippen molar-refractivity contribution in [3.05, 3.63) is 40.9 Å². The Bertz CT molecular complexity index is 823. The fraction of sp³-hybridized carbons (Fsp3) is 0.389. The molecule has 122 valence electrons. The average molecular weight is 343 g/mol. The van der Waals surface area contributed by atoms with E-state index in [-0.39, 0.29) is 57.2 Å². The lowest BCUT2D eigenvalue weighted by atomic mass is 9.85. The summed E-state index contributed by atoms with van der Waals surface area (Å²) in [5.41, 5.74) is 0.182. The SMILES string of the molecule is O=C([O-])c1cc(N2C(=O)[C@@H]3[C@H](C2=O)[C@@H]2C=C[C@H]3C23CC3)ccc1Cl. The summed E-state index contributed by atoms with van der Waals surface area (Å²) in [5, 5.41) is 11.2. The summed E-state index contributed by atoms with van der Waals surface area (Å²) >= 11 is 5.85. The first-order valence-corrected chi connectivity index (χ1v) is 8.40. The van der Waals surface area contributed by atoms with Crippen molar-refractivity contribution >= 4 is 35.1 Å². The molecule has 5 nitrogen and oxygen atoms in total. The molecule has 0 aromatic heterocycles. The van der Waals surface area contributed by atoms with Crippen molar-refractivity contribution in [2.45, 2.75) is 12.8 Å². The van der Waals surface area contributed by atoms with Gasteiger partial charge in [0, 0.05) is 10.6 Å². The van der Waals surface area contributed by atoms with Gasteiger partial charge in [0.1, 0.15) is 0 Å². The van der Waals surface area contributed by atoms with Crippen LogP contribution in [0.15, 0.2) is 30.4 Å². The number of amides is 2. The highest BCUT2D eigenvalue weighted by Crippen LogP contribution is 2.73. The van der Waals surface area contributed by atoms with E-state index in [1.54, 1.807) is 0 Å². The monoisotopic (exact) mass is 342 g/mol. The quantitative estimate of drug-likeness (QED) is 0.601. The third-order valence-electron chi connectivity index (χ3n) is 6.28. The van der Waals surface area contributed by atoms with Gasteiger partial charge < -0.3 is 9.90 Å². The second kappa shape index (κ2) is 4.28. The Morgan fingerprint density at radius 3 is 2.21 bits per heavy atom. The van der Waals surface area contributed by atoms with Crippen LogP contribution >= 0.6 is 11.6 Å². The zero-order valence-electron chi connectivity index (χ0n) is 12.6. The van der Waals surface area contributed by atoms with E-state index in [2.05, 4.69) is 12.2 Å². The van der Waals surface area contributed by atoms with Gasteiger partial charge in [-0.25, -0.2) is 4.90 Å². The molecule has 0 radical (unpaired) electrons.